The highest BCUT2D eigenvalue weighted by Gasteiger charge is 2.04. The first kappa shape index (κ1) is 12.5. The van der Waals surface area contributed by atoms with Crippen molar-refractivity contribution in [3.05, 3.63) is 66.2 Å². The Kier molecular flexibility index (Phi) is 4.25. The zero-order valence-corrected chi connectivity index (χ0v) is 10.6. The molecule has 2 N–H and O–H groups in total. The molecule has 18 heavy (non-hydrogen) atoms. The molecule has 4 heteroatoms. The second kappa shape index (κ2) is 6.12. The minimum atomic E-state index is -0.613. The van der Waals surface area contributed by atoms with Crippen molar-refractivity contribution in [1.29, 1.82) is 0 Å². The van der Waals surface area contributed by atoms with Crippen LogP contribution in [0.1, 0.15) is 5.56 Å². The molecular formula is C14H14N2OS. The van der Waals surface area contributed by atoms with E-state index in [4.69, 9.17) is 5.73 Å². The van der Waals surface area contributed by atoms with Crippen LogP contribution in [0, 0.1) is 0 Å². The summed E-state index contributed by atoms with van der Waals surface area (Å²) in [6.45, 7) is 0. The number of benzene rings is 2. The molecule has 0 bridgehead atoms. The van der Waals surface area contributed by atoms with Crippen LogP contribution in [0.3, 0.4) is 0 Å². The average Bonchev–Trinajstić information content (AvgIpc) is 2.40. The van der Waals surface area contributed by atoms with Crippen LogP contribution in [-0.4, -0.2) is 6.03 Å². The SMILES string of the molecule is NC(=O)/N=S(/Cc1ccccc1)c1ccccc1. The van der Waals surface area contributed by atoms with Crippen LogP contribution in [0.15, 0.2) is 69.9 Å². The summed E-state index contributed by atoms with van der Waals surface area (Å²) in [6.07, 6.45) is 0. The fourth-order valence-corrected chi connectivity index (χ4v) is 3.12. The topological polar surface area (TPSA) is 55.5 Å². The quantitative estimate of drug-likeness (QED) is 0.903. The number of carbonyl (C=O) groups is 1. The maximum absolute atomic E-state index is 11.0. The Labute approximate surface area is 109 Å². The maximum atomic E-state index is 11.0. The van der Waals surface area contributed by atoms with Crippen molar-refractivity contribution in [2.45, 2.75) is 10.6 Å². The van der Waals surface area contributed by atoms with Gasteiger partial charge >= 0.3 is 6.03 Å². The molecule has 0 saturated carbocycles. The second-order valence-electron chi connectivity index (χ2n) is 3.74. The van der Waals surface area contributed by atoms with Gasteiger partial charge in [0.2, 0.25) is 0 Å². The molecule has 0 aliphatic carbocycles. The molecule has 2 aromatic carbocycles. The van der Waals surface area contributed by atoms with Gasteiger partial charge in [-0.25, -0.2) is 4.79 Å². The van der Waals surface area contributed by atoms with Gasteiger partial charge in [0.15, 0.2) is 0 Å². The number of hydrogen-bond acceptors (Lipinski definition) is 1. The van der Waals surface area contributed by atoms with Crippen molar-refractivity contribution in [1.82, 2.24) is 0 Å². The maximum Gasteiger partial charge on any atom is 0.344 e. The first-order valence-corrected chi connectivity index (χ1v) is 6.92. The smallest absolute Gasteiger partial charge is 0.344 e. The lowest BCUT2D eigenvalue weighted by Gasteiger charge is -2.07. The number of primary amides is 1. The summed E-state index contributed by atoms with van der Waals surface area (Å²) in [7, 11) is -0.518. The minimum absolute atomic E-state index is 0.518. The van der Waals surface area contributed by atoms with Gasteiger partial charge in [-0.15, -0.1) is 0 Å². The lowest BCUT2D eigenvalue weighted by Crippen LogP contribution is -2.07. The van der Waals surface area contributed by atoms with E-state index < -0.39 is 16.7 Å². The number of urea groups is 1. The molecule has 0 heterocycles. The van der Waals surface area contributed by atoms with E-state index in [1.807, 2.05) is 60.7 Å². The standard InChI is InChI=1S/C14H14N2OS/c15-14(17)16-18(13-9-5-2-6-10-13)11-12-7-3-1-4-8-12/h1-10H,11H2,(H2,15,17). The van der Waals surface area contributed by atoms with E-state index in [1.54, 1.807) is 0 Å². The predicted octanol–water partition coefficient (Wildman–Crippen LogP) is 3.13. The second-order valence-corrected chi connectivity index (χ2v) is 5.41. The lowest BCUT2D eigenvalue weighted by atomic mass is 10.2. The number of rotatable bonds is 3. The van der Waals surface area contributed by atoms with Gasteiger partial charge in [0.1, 0.15) is 0 Å². The van der Waals surface area contributed by atoms with Crippen LogP contribution in [0.25, 0.3) is 0 Å². The fraction of sp³-hybridized carbons (Fsp3) is 0.0714. The zero-order valence-electron chi connectivity index (χ0n) is 9.82. The Morgan fingerprint density at radius 3 is 2.11 bits per heavy atom. The predicted molar refractivity (Wildman–Crippen MR) is 74.2 cm³/mol. The number of nitrogens with two attached hydrogens (primary N) is 1. The van der Waals surface area contributed by atoms with Crippen LogP contribution in [0.2, 0.25) is 0 Å². The number of amides is 2. The Bertz CT molecular complexity index is 553. The molecule has 1 atom stereocenters. The van der Waals surface area contributed by atoms with Crippen molar-refractivity contribution in [3.63, 3.8) is 0 Å². The van der Waals surface area contributed by atoms with Crippen molar-refractivity contribution in [2.75, 3.05) is 0 Å². The van der Waals surface area contributed by atoms with Crippen molar-refractivity contribution in [3.8, 4) is 0 Å². The van der Waals surface area contributed by atoms with Gasteiger partial charge in [-0.05, 0) is 17.7 Å². The van der Waals surface area contributed by atoms with Crippen molar-refractivity contribution < 1.29 is 4.79 Å². The normalized spacial score (nSPS) is 12.2. The summed E-state index contributed by atoms with van der Waals surface area (Å²) in [5, 5.41) is 0. The molecule has 2 aromatic rings. The third-order valence-corrected chi connectivity index (χ3v) is 4.19. The van der Waals surface area contributed by atoms with E-state index in [9.17, 15) is 4.79 Å². The molecule has 2 rings (SSSR count). The Morgan fingerprint density at radius 2 is 1.56 bits per heavy atom. The highest BCUT2D eigenvalue weighted by Crippen LogP contribution is 2.14. The van der Waals surface area contributed by atoms with Crippen LogP contribution < -0.4 is 5.73 Å². The molecule has 0 fully saturated rings. The third-order valence-electron chi connectivity index (χ3n) is 2.36. The van der Waals surface area contributed by atoms with E-state index in [1.165, 1.54) is 0 Å². The first-order chi connectivity index (χ1) is 8.75. The largest absolute Gasteiger partial charge is 0.349 e. The molecule has 0 saturated heterocycles. The van der Waals surface area contributed by atoms with Crippen LogP contribution >= 0.6 is 0 Å². The minimum Gasteiger partial charge on any atom is -0.349 e. The highest BCUT2D eigenvalue weighted by atomic mass is 32.2. The van der Waals surface area contributed by atoms with Gasteiger partial charge in [0, 0.05) is 10.6 Å². The summed E-state index contributed by atoms with van der Waals surface area (Å²) in [4.78, 5) is 12.1. The van der Waals surface area contributed by atoms with E-state index in [0.29, 0.717) is 5.75 Å². The zero-order chi connectivity index (χ0) is 12.8. The summed E-state index contributed by atoms with van der Waals surface area (Å²) in [6, 6.07) is 19.1. The van der Waals surface area contributed by atoms with Crippen LogP contribution in [-0.2, 0) is 16.4 Å². The molecule has 3 nitrogen and oxygen atoms in total. The molecule has 2 amide bonds. The Balaban J connectivity index is 2.31. The van der Waals surface area contributed by atoms with Gasteiger partial charge in [-0.2, -0.15) is 4.36 Å². The van der Waals surface area contributed by atoms with Gasteiger partial charge in [0.05, 0.1) is 0 Å². The van der Waals surface area contributed by atoms with E-state index in [0.717, 1.165) is 10.5 Å². The molecule has 0 aliphatic rings. The Hall–Kier alpha value is -1.94. The molecule has 0 aromatic heterocycles. The van der Waals surface area contributed by atoms with E-state index >= 15 is 0 Å². The average molecular weight is 258 g/mol. The molecule has 0 spiro atoms. The first-order valence-electron chi connectivity index (χ1n) is 5.57. The van der Waals surface area contributed by atoms with Crippen molar-refractivity contribution >= 4 is 16.7 Å². The summed E-state index contributed by atoms with van der Waals surface area (Å²) in [5.74, 6) is 0.702. The molecule has 0 aliphatic heterocycles. The third kappa shape index (κ3) is 3.53. The number of carbonyl (C=O) groups excluding carboxylic acids is 1. The highest BCUT2D eigenvalue weighted by molar-refractivity contribution is 7.86. The lowest BCUT2D eigenvalue weighted by molar-refractivity contribution is 0.257. The number of hydrogen-bond donors (Lipinski definition) is 1. The molecular weight excluding hydrogens is 244 g/mol. The summed E-state index contributed by atoms with van der Waals surface area (Å²) >= 11 is 0. The summed E-state index contributed by atoms with van der Waals surface area (Å²) in [5.41, 5.74) is 6.33. The van der Waals surface area contributed by atoms with E-state index in [-0.39, 0.29) is 0 Å². The van der Waals surface area contributed by atoms with Gasteiger partial charge in [0.25, 0.3) is 0 Å². The molecule has 1 unspecified atom stereocenters. The van der Waals surface area contributed by atoms with Gasteiger partial charge in [-0.1, -0.05) is 59.2 Å². The summed E-state index contributed by atoms with van der Waals surface area (Å²) < 4.78 is 4.01. The van der Waals surface area contributed by atoms with Crippen LogP contribution in [0.4, 0.5) is 4.79 Å². The van der Waals surface area contributed by atoms with Gasteiger partial charge in [-0.3, -0.25) is 0 Å². The molecule has 92 valence electrons. The monoisotopic (exact) mass is 258 g/mol. The number of nitrogens with zero attached hydrogens (tertiary/aromatic N) is 1. The van der Waals surface area contributed by atoms with E-state index in [2.05, 4.69) is 4.36 Å². The van der Waals surface area contributed by atoms with Crippen molar-refractivity contribution in [2.24, 2.45) is 10.1 Å². The molecule has 0 radical (unpaired) electrons. The Morgan fingerprint density at radius 1 is 1.00 bits per heavy atom. The van der Waals surface area contributed by atoms with Gasteiger partial charge < -0.3 is 5.73 Å². The van der Waals surface area contributed by atoms with Crippen LogP contribution in [0.5, 0.6) is 0 Å². The fourth-order valence-electron chi connectivity index (χ4n) is 1.59.